The lowest BCUT2D eigenvalue weighted by molar-refractivity contribution is -0.138. The van der Waals surface area contributed by atoms with Crippen molar-refractivity contribution in [1.29, 1.82) is 5.26 Å². The highest BCUT2D eigenvalue weighted by molar-refractivity contribution is 5.85. The number of rotatable bonds is 4. The number of pyridine rings is 1. The molecule has 134 valence electrons. The number of aromatic nitrogens is 1. The van der Waals surface area contributed by atoms with Gasteiger partial charge in [0.15, 0.2) is 0 Å². The summed E-state index contributed by atoms with van der Waals surface area (Å²) in [6.45, 7) is 2.39. The summed E-state index contributed by atoms with van der Waals surface area (Å²) in [7, 11) is 2.14. The molecule has 25 heavy (non-hydrogen) atoms. The van der Waals surface area contributed by atoms with Crippen LogP contribution in [0.3, 0.4) is 0 Å². The molecule has 2 heterocycles. The van der Waals surface area contributed by atoms with Gasteiger partial charge in [-0.3, -0.25) is 14.7 Å². The number of amides is 1. The van der Waals surface area contributed by atoms with Crippen molar-refractivity contribution < 1.29 is 4.79 Å². The summed E-state index contributed by atoms with van der Waals surface area (Å²) in [5.41, 5.74) is 0.344. The van der Waals surface area contributed by atoms with Crippen LogP contribution in [-0.4, -0.2) is 46.9 Å². The zero-order chi connectivity index (χ0) is 17.7. The summed E-state index contributed by atoms with van der Waals surface area (Å²) in [5, 5.41) is 9.58. The van der Waals surface area contributed by atoms with Crippen LogP contribution in [0.1, 0.15) is 50.6 Å². The van der Waals surface area contributed by atoms with Gasteiger partial charge in [-0.15, -0.1) is 0 Å². The standard InChI is InChI=1S/C20H28N4O/c1-23(15-17-7-2-5-12-22-17)18-8-6-13-24(14-9-18)19(25)20(16-21)10-3-4-11-20/h2,5,7,12,18H,3-4,6,8-11,13-15H2,1H3. The fourth-order valence-electron chi connectivity index (χ4n) is 4.25. The first-order chi connectivity index (χ1) is 12.1. The van der Waals surface area contributed by atoms with Gasteiger partial charge in [0, 0.05) is 31.9 Å². The van der Waals surface area contributed by atoms with Crippen LogP contribution >= 0.6 is 0 Å². The molecular weight excluding hydrogens is 312 g/mol. The number of likely N-dealkylation sites (tertiary alicyclic amines) is 1. The van der Waals surface area contributed by atoms with E-state index in [1.807, 2.05) is 23.2 Å². The molecule has 1 aliphatic heterocycles. The van der Waals surface area contributed by atoms with Crippen molar-refractivity contribution in [1.82, 2.24) is 14.8 Å². The molecular formula is C20H28N4O. The zero-order valence-corrected chi connectivity index (χ0v) is 15.2. The molecule has 1 atom stereocenters. The first-order valence-corrected chi connectivity index (χ1v) is 9.45. The number of carbonyl (C=O) groups excluding carboxylic acids is 1. The first kappa shape index (κ1) is 17.9. The molecule has 0 bridgehead atoms. The Kier molecular flexibility index (Phi) is 5.70. The maximum absolute atomic E-state index is 13.0. The van der Waals surface area contributed by atoms with E-state index in [4.69, 9.17) is 0 Å². The molecule has 2 aliphatic rings. The third kappa shape index (κ3) is 4.01. The fraction of sp³-hybridized carbons (Fsp3) is 0.650. The number of nitrogens with zero attached hydrogens (tertiary/aromatic N) is 4. The molecule has 0 radical (unpaired) electrons. The van der Waals surface area contributed by atoms with E-state index in [-0.39, 0.29) is 5.91 Å². The van der Waals surface area contributed by atoms with Gasteiger partial charge < -0.3 is 4.90 Å². The van der Waals surface area contributed by atoms with Crippen LogP contribution in [0, 0.1) is 16.7 Å². The van der Waals surface area contributed by atoms with Crippen molar-refractivity contribution in [2.45, 2.75) is 57.5 Å². The molecule has 1 amide bonds. The molecule has 1 saturated carbocycles. The van der Waals surface area contributed by atoms with Crippen LogP contribution < -0.4 is 0 Å². The minimum atomic E-state index is -0.736. The predicted octanol–water partition coefficient (Wildman–Crippen LogP) is 2.98. The average Bonchev–Trinajstić information content (AvgIpc) is 3.00. The van der Waals surface area contributed by atoms with E-state index >= 15 is 0 Å². The fourth-order valence-corrected chi connectivity index (χ4v) is 4.25. The Bertz CT molecular complexity index is 618. The zero-order valence-electron chi connectivity index (χ0n) is 15.2. The minimum absolute atomic E-state index is 0.0838. The molecule has 0 spiro atoms. The second-order valence-corrected chi connectivity index (χ2v) is 7.51. The Balaban J connectivity index is 1.58. The summed E-state index contributed by atoms with van der Waals surface area (Å²) >= 11 is 0. The summed E-state index contributed by atoms with van der Waals surface area (Å²) in [6.07, 6.45) is 8.38. The predicted molar refractivity (Wildman–Crippen MR) is 96.4 cm³/mol. The summed E-state index contributed by atoms with van der Waals surface area (Å²) in [6, 6.07) is 8.82. The highest BCUT2D eigenvalue weighted by atomic mass is 16.2. The molecule has 1 aromatic heterocycles. The van der Waals surface area contributed by atoms with Crippen molar-refractivity contribution in [3.05, 3.63) is 30.1 Å². The van der Waals surface area contributed by atoms with E-state index in [1.165, 1.54) is 0 Å². The van der Waals surface area contributed by atoms with Gasteiger partial charge in [-0.05, 0) is 51.3 Å². The normalized spacial score (nSPS) is 23.2. The summed E-state index contributed by atoms with van der Waals surface area (Å²) < 4.78 is 0. The molecule has 0 aromatic carbocycles. The van der Waals surface area contributed by atoms with Gasteiger partial charge in [0.2, 0.25) is 5.91 Å². The second kappa shape index (κ2) is 7.97. The Morgan fingerprint density at radius 1 is 1.32 bits per heavy atom. The van der Waals surface area contributed by atoms with Crippen LogP contribution in [0.5, 0.6) is 0 Å². The van der Waals surface area contributed by atoms with E-state index in [9.17, 15) is 10.1 Å². The molecule has 1 aromatic rings. The quantitative estimate of drug-likeness (QED) is 0.845. The van der Waals surface area contributed by atoms with Crippen molar-refractivity contribution >= 4 is 5.91 Å². The molecule has 1 unspecified atom stereocenters. The highest BCUT2D eigenvalue weighted by Gasteiger charge is 2.44. The van der Waals surface area contributed by atoms with Gasteiger partial charge >= 0.3 is 0 Å². The van der Waals surface area contributed by atoms with Gasteiger partial charge in [-0.1, -0.05) is 18.9 Å². The second-order valence-electron chi connectivity index (χ2n) is 7.51. The number of nitriles is 1. The molecule has 5 nitrogen and oxygen atoms in total. The van der Waals surface area contributed by atoms with Crippen LogP contribution in [0.15, 0.2) is 24.4 Å². The van der Waals surface area contributed by atoms with Crippen LogP contribution in [0.25, 0.3) is 0 Å². The minimum Gasteiger partial charge on any atom is -0.341 e. The lowest BCUT2D eigenvalue weighted by Crippen LogP contribution is -2.43. The Hall–Kier alpha value is -1.93. The maximum atomic E-state index is 13.0. The molecule has 0 N–H and O–H groups in total. The number of hydrogen-bond acceptors (Lipinski definition) is 4. The molecule has 2 fully saturated rings. The van der Waals surface area contributed by atoms with Gasteiger partial charge in [0.25, 0.3) is 0 Å². The van der Waals surface area contributed by atoms with Gasteiger partial charge in [-0.2, -0.15) is 5.26 Å². The highest BCUT2D eigenvalue weighted by Crippen LogP contribution is 2.39. The van der Waals surface area contributed by atoms with E-state index in [0.717, 1.165) is 70.3 Å². The maximum Gasteiger partial charge on any atom is 0.243 e. The molecule has 1 aliphatic carbocycles. The smallest absolute Gasteiger partial charge is 0.243 e. The van der Waals surface area contributed by atoms with Crippen LogP contribution in [-0.2, 0) is 11.3 Å². The Labute approximate surface area is 150 Å². The lowest BCUT2D eigenvalue weighted by atomic mass is 9.86. The van der Waals surface area contributed by atoms with Crippen LogP contribution in [0.4, 0.5) is 0 Å². The number of hydrogen-bond donors (Lipinski definition) is 0. The van der Waals surface area contributed by atoms with E-state index in [2.05, 4.69) is 29.1 Å². The van der Waals surface area contributed by atoms with Crippen molar-refractivity contribution in [3.8, 4) is 6.07 Å². The van der Waals surface area contributed by atoms with E-state index < -0.39 is 5.41 Å². The van der Waals surface area contributed by atoms with Gasteiger partial charge in [0.05, 0.1) is 11.8 Å². The third-order valence-electron chi connectivity index (χ3n) is 5.83. The Morgan fingerprint density at radius 3 is 2.80 bits per heavy atom. The van der Waals surface area contributed by atoms with E-state index in [1.54, 1.807) is 0 Å². The Morgan fingerprint density at radius 2 is 2.12 bits per heavy atom. The third-order valence-corrected chi connectivity index (χ3v) is 5.83. The average molecular weight is 340 g/mol. The molecule has 1 saturated heterocycles. The number of carbonyl (C=O) groups is 1. The van der Waals surface area contributed by atoms with Gasteiger partial charge in [0.1, 0.15) is 5.41 Å². The van der Waals surface area contributed by atoms with Gasteiger partial charge in [-0.25, -0.2) is 0 Å². The topological polar surface area (TPSA) is 60.2 Å². The van der Waals surface area contributed by atoms with E-state index in [0.29, 0.717) is 6.04 Å². The SMILES string of the molecule is CN(Cc1ccccn1)C1CCCN(C(=O)C2(C#N)CCCC2)CC1. The largest absolute Gasteiger partial charge is 0.341 e. The first-order valence-electron chi connectivity index (χ1n) is 9.45. The van der Waals surface area contributed by atoms with Crippen molar-refractivity contribution in [3.63, 3.8) is 0 Å². The monoisotopic (exact) mass is 340 g/mol. The van der Waals surface area contributed by atoms with Crippen molar-refractivity contribution in [2.75, 3.05) is 20.1 Å². The molecule has 3 rings (SSSR count). The summed E-state index contributed by atoms with van der Waals surface area (Å²) in [5.74, 6) is 0.0838. The lowest BCUT2D eigenvalue weighted by Gasteiger charge is -2.30. The van der Waals surface area contributed by atoms with Crippen LogP contribution in [0.2, 0.25) is 0 Å². The van der Waals surface area contributed by atoms with Crippen molar-refractivity contribution in [2.24, 2.45) is 5.41 Å². The summed E-state index contributed by atoms with van der Waals surface area (Å²) in [4.78, 5) is 21.7. The molecule has 5 heteroatoms.